The molecule has 0 radical (unpaired) electrons. The normalized spacial score (nSPS) is 11.2. The summed E-state index contributed by atoms with van der Waals surface area (Å²) >= 11 is 12.2. The number of carbonyl (C=O) groups is 1. The standard InChI is InChI=1S/C20H16Cl2N2O2/c1-12-8-15(13(2)24(12)17-5-3-4-16(21)10-17)11-23-19-9-14(20(25)26)6-7-18(19)22/h3-11H,1-2H3,(H,25,26). The molecule has 4 nitrogen and oxygen atoms in total. The Hall–Kier alpha value is -2.56. The largest absolute Gasteiger partial charge is 0.478 e. The van der Waals surface area contributed by atoms with Crippen LogP contribution in [0.2, 0.25) is 10.0 Å². The minimum atomic E-state index is -1.02. The zero-order chi connectivity index (χ0) is 18.8. The fourth-order valence-electron chi connectivity index (χ4n) is 2.81. The topological polar surface area (TPSA) is 54.6 Å². The van der Waals surface area contributed by atoms with Crippen molar-refractivity contribution in [3.63, 3.8) is 0 Å². The molecule has 0 aliphatic heterocycles. The van der Waals surface area contributed by atoms with Crippen LogP contribution in [0.5, 0.6) is 0 Å². The lowest BCUT2D eigenvalue weighted by atomic mass is 10.2. The lowest BCUT2D eigenvalue weighted by Gasteiger charge is -2.09. The van der Waals surface area contributed by atoms with Crippen LogP contribution in [0, 0.1) is 13.8 Å². The summed E-state index contributed by atoms with van der Waals surface area (Å²) in [5.41, 5.74) is 4.48. The summed E-state index contributed by atoms with van der Waals surface area (Å²) < 4.78 is 2.09. The van der Waals surface area contributed by atoms with Gasteiger partial charge in [-0.05, 0) is 56.3 Å². The molecule has 0 atom stereocenters. The number of aryl methyl sites for hydroxylation is 1. The predicted octanol–water partition coefficient (Wildman–Crippen LogP) is 5.85. The maximum atomic E-state index is 11.1. The fraction of sp³-hybridized carbons (Fsp3) is 0.100. The van der Waals surface area contributed by atoms with Crippen molar-refractivity contribution in [3.05, 3.63) is 81.1 Å². The highest BCUT2D eigenvalue weighted by molar-refractivity contribution is 6.33. The maximum Gasteiger partial charge on any atom is 0.335 e. The van der Waals surface area contributed by atoms with Gasteiger partial charge >= 0.3 is 5.97 Å². The Balaban J connectivity index is 2.00. The Morgan fingerprint density at radius 1 is 1.12 bits per heavy atom. The third-order valence-electron chi connectivity index (χ3n) is 4.07. The van der Waals surface area contributed by atoms with E-state index >= 15 is 0 Å². The lowest BCUT2D eigenvalue weighted by molar-refractivity contribution is 0.0697. The molecule has 0 unspecified atom stereocenters. The van der Waals surface area contributed by atoms with Crippen molar-refractivity contribution >= 4 is 41.1 Å². The van der Waals surface area contributed by atoms with Crippen molar-refractivity contribution < 1.29 is 9.90 Å². The van der Waals surface area contributed by atoms with Crippen molar-refractivity contribution in [2.45, 2.75) is 13.8 Å². The summed E-state index contributed by atoms with van der Waals surface area (Å²) in [7, 11) is 0. The van der Waals surface area contributed by atoms with Gasteiger partial charge in [0, 0.05) is 33.9 Å². The van der Waals surface area contributed by atoms with Gasteiger partial charge in [0.25, 0.3) is 0 Å². The number of aromatic carboxylic acids is 1. The van der Waals surface area contributed by atoms with Gasteiger partial charge < -0.3 is 9.67 Å². The summed E-state index contributed by atoms with van der Waals surface area (Å²) in [5.74, 6) is -1.02. The van der Waals surface area contributed by atoms with Crippen LogP contribution in [0.15, 0.2) is 53.5 Å². The number of rotatable bonds is 4. The molecule has 0 fully saturated rings. The molecule has 3 aromatic rings. The first kappa shape index (κ1) is 18.2. The second kappa shape index (κ2) is 7.36. The van der Waals surface area contributed by atoms with Crippen LogP contribution in [0.1, 0.15) is 27.3 Å². The molecule has 2 aromatic carbocycles. The van der Waals surface area contributed by atoms with E-state index in [1.165, 1.54) is 18.2 Å². The molecular formula is C20H16Cl2N2O2. The Morgan fingerprint density at radius 2 is 1.88 bits per heavy atom. The van der Waals surface area contributed by atoms with E-state index < -0.39 is 5.97 Å². The van der Waals surface area contributed by atoms with Crippen LogP contribution < -0.4 is 0 Å². The number of benzene rings is 2. The Kier molecular flexibility index (Phi) is 5.16. The Bertz CT molecular complexity index is 1020. The average Bonchev–Trinajstić information content (AvgIpc) is 2.87. The minimum Gasteiger partial charge on any atom is -0.478 e. The van der Waals surface area contributed by atoms with E-state index in [0.717, 1.165) is 22.6 Å². The molecule has 26 heavy (non-hydrogen) atoms. The molecule has 1 N–H and O–H groups in total. The quantitative estimate of drug-likeness (QED) is 0.571. The molecule has 0 saturated carbocycles. The van der Waals surface area contributed by atoms with Gasteiger partial charge in [0.2, 0.25) is 0 Å². The fourth-order valence-corrected chi connectivity index (χ4v) is 3.17. The second-order valence-electron chi connectivity index (χ2n) is 5.87. The molecule has 1 aromatic heterocycles. The van der Waals surface area contributed by atoms with Gasteiger partial charge in [-0.25, -0.2) is 4.79 Å². The molecule has 3 rings (SSSR count). The molecule has 0 bridgehead atoms. The van der Waals surface area contributed by atoms with E-state index in [4.69, 9.17) is 28.3 Å². The van der Waals surface area contributed by atoms with Gasteiger partial charge in [-0.15, -0.1) is 0 Å². The predicted molar refractivity (Wildman–Crippen MR) is 106 cm³/mol. The SMILES string of the molecule is Cc1cc(C=Nc2cc(C(=O)O)ccc2Cl)c(C)n1-c1cccc(Cl)c1. The first-order valence-corrected chi connectivity index (χ1v) is 8.64. The highest BCUT2D eigenvalue weighted by Gasteiger charge is 2.11. The van der Waals surface area contributed by atoms with E-state index in [9.17, 15) is 4.79 Å². The summed E-state index contributed by atoms with van der Waals surface area (Å²) in [4.78, 5) is 15.5. The number of aromatic nitrogens is 1. The number of halogens is 2. The van der Waals surface area contributed by atoms with Crippen LogP contribution >= 0.6 is 23.2 Å². The molecule has 132 valence electrons. The smallest absolute Gasteiger partial charge is 0.335 e. The number of hydrogen-bond acceptors (Lipinski definition) is 2. The van der Waals surface area contributed by atoms with E-state index in [2.05, 4.69) is 9.56 Å². The summed E-state index contributed by atoms with van der Waals surface area (Å²) in [5, 5.41) is 10.2. The molecular weight excluding hydrogens is 371 g/mol. The number of carboxylic acid groups (broad SMARTS) is 1. The van der Waals surface area contributed by atoms with Gasteiger partial charge in [-0.3, -0.25) is 4.99 Å². The zero-order valence-electron chi connectivity index (χ0n) is 14.2. The molecule has 0 spiro atoms. The lowest BCUT2D eigenvalue weighted by Crippen LogP contribution is -1.99. The van der Waals surface area contributed by atoms with Crippen LogP contribution in [-0.4, -0.2) is 21.9 Å². The van der Waals surface area contributed by atoms with Gasteiger partial charge in [0.1, 0.15) is 0 Å². The number of carboxylic acids is 1. The highest BCUT2D eigenvalue weighted by Crippen LogP contribution is 2.27. The van der Waals surface area contributed by atoms with Crippen molar-refractivity contribution in [2.24, 2.45) is 4.99 Å². The van der Waals surface area contributed by atoms with Crippen LogP contribution in [0.25, 0.3) is 5.69 Å². The summed E-state index contributed by atoms with van der Waals surface area (Å²) in [6.45, 7) is 3.99. The van der Waals surface area contributed by atoms with Crippen LogP contribution in [0.4, 0.5) is 5.69 Å². The van der Waals surface area contributed by atoms with E-state index in [1.54, 1.807) is 6.21 Å². The van der Waals surface area contributed by atoms with Crippen molar-refractivity contribution in [1.82, 2.24) is 4.57 Å². The number of aliphatic imine (C=N–C) groups is 1. The van der Waals surface area contributed by atoms with E-state index in [0.29, 0.717) is 15.7 Å². The van der Waals surface area contributed by atoms with Gasteiger partial charge in [-0.1, -0.05) is 29.3 Å². The highest BCUT2D eigenvalue weighted by atomic mass is 35.5. The maximum absolute atomic E-state index is 11.1. The third kappa shape index (κ3) is 3.66. The van der Waals surface area contributed by atoms with Gasteiger partial charge in [-0.2, -0.15) is 0 Å². The minimum absolute atomic E-state index is 0.144. The Morgan fingerprint density at radius 3 is 2.58 bits per heavy atom. The molecule has 0 amide bonds. The monoisotopic (exact) mass is 386 g/mol. The first-order chi connectivity index (χ1) is 12.4. The zero-order valence-corrected chi connectivity index (χ0v) is 15.7. The molecule has 1 heterocycles. The van der Waals surface area contributed by atoms with Crippen molar-refractivity contribution in [3.8, 4) is 5.69 Å². The molecule has 0 aliphatic carbocycles. The number of nitrogens with zero attached hydrogens (tertiary/aromatic N) is 2. The second-order valence-corrected chi connectivity index (χ2v) is 6.71. The molecule has 0 saturated heterocycles. The van der Waals surface area contributed by atoms with Crippen molar-refractivity contribution in [1.29, 1.82) is 0 Å². The van der Waals surface area contributed by atoms with Crippen molar-refractivity contribution in [2.75, 3.05) is 0 Å². The molecule has 6 heteroatoms. The van der Waals surface area contributed by atoms with E-state index in [1.807, 2.05) is 44.2 Å². The summed E-state index contributed by atoms with van der Waals surface area (Å²) in [6.07, 6.45) is 1.69. The van der Waals surface area contributed by atoms with E-state index in [-0.39, 0.29) is 5.56 Å². The molecule has 0 aliphatic rings. The number of hydrogen-bond donors (Lipinski definition) is 1. The average molecular weight is 387 g/mol. The van der Waals surface area contributed by atoms with Gasteiger partial charge in [0.05, 0.1) is 16.3 Å². The van der Waals surface area contributed by atoms with Crippen LogP contribution in [-0.2, 0) is 0 Å². The third-order valence-corrected chi connectivity index (χ3v) is 4.63. The summed E-state index contributed by atoms with van der Waals surface area (Å²) in [6, 6.07) is 14.1. The first-order valence-electron chi connectivity index (χ1n) is 7.88. The van der Waals surface area contributed by atoms with Crippen LogP contribution in [0.3, 0.4) is 0 Å². The Labute approximate surface area is 161 Å². The van der Waals surface area contributed by atoms with Gasteiger partial charge in [0.15, 0.2) is 0 Å².